The highest BCUT2D eigenvalue weighted by atomic mass is 32.1. The maximum Gasteiger partial charge on any atom is 0.262 e. The topological polar surface area (TPSA) is 79.2 Å². The first-order chi connectivity index (χ1) is 10.5. The number of ketones is 1. The van der Waals surface area contributed by atoms with Crippen LogP contribution in [0.3, 0.4) is 0 Å². The van der Waals surface area contributed by atoms with Crippen LogP contribution in [0.2, 0.25) is 0 Å². The van der Waals surface area contributed by atoms with Gasteiger partial charge in [-0.1, -0.05) is 0 Å². The van der Waals surface area contributed by atoms with Gasteiger partial charge in [-0.2, -0.15) is 5.26 Å². The number of thiophene rings is 1. The number of amides is 1. The lowest BCUT2D eigenvalue weighted by Gasteiger charge is -2.09. The number of Topliss-reactive ketones (excluding diaryl/α,β-unsaturated/α-hetero) is 1. The fourth-order valence-corrected chi connectivity index (χ4v) is 2.46. The van der Waals surface area contributed by atoms with Crippen molar-refractivity contribution < 1.29 is 18.7 Å². The van der Waals surface area contributed by atoms with Crippen LogP contribution in [0.1, 0.15) is 22.8 Å². The average molecular weight is 318 g/mol. The minimum atomic E-state index is -0.556. The lowest BCUT2D eigenvalue weighted by molar-refractivity contribution is -0.118. The lowest BCUT2D eigenvalue weighted by Crippen LogP contribution is -2.20. The summed E-state index contributed by atoms with van der Waals surface area (Å²) in [5.41, 5.74) is 0.436. The number of carbonyl (C=O) groups excluding carboxylic acids is 2. The summed E-state index contributed by atoms with van der Waals surface area (Å²) in [5, 5.41) is 13.5. The second-order valence-corrected chi connectivity index (χ2v) is 5.22. The zero-order valence-corrected chi connectivity index (χ0v) is 12.4. The highest BCUT2D eigenvalue weighted by Gasteiger charge is 2.13. The number of hydrogen-bond acceptors (Lipinski definition) is 5. The van der Waals surface area contributed by atoms with Gasteiger partial charge in [-0.3, -0.25) is 9.59 Å². The molecule has 0 bridgehead atoms. The van der Waals surface area contributed by atoms with E-state index in [1.807, 2.05) is 6.07 Å². The van der Waals surface area contributed by atoms with Crippen molar-refractivity contribution in [1.29, 1.82) is 5.26 Å². The largest absolute Gasteiger partial charge is 0.483 e. The van der Waals surface area contributed by atoms with Crippen LogP contribution in [0.25, 0.3) is 0 Å². The standard InChI is InChI=1S/C15H11FN2O3S/c1-9(19)12-6-11(16)2-3-13(12)21-8-14(20)18-15-10(7-17)4-5-22-15/h2-6H,8H2,1H3,(H,18,20). The molecule has 0 atom stereocenters. The minimum Gasteiger partial charge on any atom is -0.483 e. The Morgan fingerprint density at radius 3 is 2.86 bits per heavy atom. The van der Waals surface area contributed by atoms with Crippen molar-refractivity contribution in [2.24, 2.45) is 0 Å². The first kappa shape index (κ1) is 15.7. The first-order valence-corrected chi connectivity index (χ1v) is 7.10. The van der Waals surface area contributed by atoms with Gasteiger partial charge in [-0.25, -0.2) is 4.39 Å². The predicted molar refractivity (Wildman–Crippen MR) is 79.6 cm³/mol. The Kier molecular flexibility index (Phi) is 4.86. The quantitative estimate of drug-likeness (QED) is 0.860. The van der Waals surface area contributed by atoms with E-state index in [9.17, 15) is 14.0 Å². The third-order valence-electron chi connectivity index (χ3n) is 2.72. The van der Waals surface area contributed by atoms with E-state index < -0.39 is 11.7 Å². The second-order valence-electron chi connectivity index (χ2n) is 4.31. The zero-order valence-electron chi connectivity index (χ0n) is 11.6. The Balaban J connectivity index is 2.03. The molecule has 112 valence electrons. The number of nitrogens with zero attached hydrogens (tertiary/aromatic N) is 1. The number of nitriles is 1. The summed E-state index contributed by atoms with van der Waals surface area (Å²) in [6.45, 7) is 0.932. The van der Waals surface area contributed by atoms with Gasteiger partial charge in [0, 0.05) is 0 Å². The molecule has 22 heavy (non-hydrogen) atoms. The maximum absolute atomic E-state index is 13.1. The Morgan fingerprint density at radius 1 is 1.41 bits per heavy atom. The van der Waals surface area contributed by atoms with Crippen LogP contribution < -0.4 is 10.1 Å². The molecular formula is C15H11FN2O3S. The van der Waals surface area contributed by atoms with Crippen molar-refractivity contribution in [2.45, 2.75) is 6.92 Å². The molecule has 1 aromatic carbocycles. The molecule has 0 saturated carbocycles. The molecule has 0 unspecified atom stereocenters. The van der Waals surface area contributed by atoms with E-state index in [4.69, 9.17) is 10.00 Å². The fourth-order valence-electron chi connectivity index (χ4n) is 1.70. The molecule has 0 aliphatic carbocycles. The van der Waals surface area contributed by atoms with Crippen molar-refractivity contribution in [3.63, 3.8) is 0 Å². The van der Waals surface area contributed by atoms with E-state index in [0.29, 0.717) is 10.6 Å². The SMILES string of the molecule is CC(=O)c1cc(F)ccc1OCC(=O)Nc1sccc1C#N. The summed E-state index contributed by atoms with van der Waals surface area (Å²) < 4.78 is 18.4. The summed E-state index contributed by atoms with van der Waals surface area (Å²) in [6, 6.07) is 7.05. The number of hydrogen-bond donors (Lipinski definition) is 1. The van der Waals surface area contributed by atoms with Crippen LogP contribution in [0.15, 0.2) is 29.6 Å². The number of benzene rings is 1. The smallest absolute Gasteiger partial charge is 0.262 e. The third-order valence-corrected chi connectivity index (χ3v) is 3.55. The fraction of sp³-hybridized carbons (Fsp3) is 0.133. The van der Waals surface area contributed by atoms with Crippen LogP contribution in [-0.2, 0) is 4.79 Å². The van der Waals surface area contributed by atoms with Crippen molar-refractivity contribution >= 4 is 28.0 Å². The zero-order chi connectivity index (χ0) is 16.1. The van der Waals surface area contributed by atoms with Gasteiger partial charge in [-0.15, -0.1) is 11.3 Å². The minimum absolute atomic E-state index is 0.0710. The number of ether oxygens (including phenoxy) is 1. The van der Waals surface area contributed by atoms with Crippen LogP contribution in [0.4, 0.5) is 9.39 Å². The molecule has 2 rings (SSSR count). The van der Waals surface area contributed by atoms with Crippen molar-refractivity contribution in [3.05, 3.63) is 46.6 Å². The second kappa shape index (κ2) is 6.83. The van der Waals surface area contributed by atoms with Gasteiger partial charge >= 0.3 is 0 Å². The summed E-state index contributed by atoms with van der Waals surface area (Å²) in [6.07, 6.45) is 0. The molecule has 1 heterocycles. The Labute approximate surface area is 129 Å². The first-order valence-electron chi connectivity index (χ1n) is 6.22. The molecule has 0 radical (unpaired) electrons. The van der Waals surface area contributed by atoms with Gasteiger partial charge in [0.2, 0.25) is 0 Å². The van der Waals surface area contributed by atoms with Gasteiger partial charge in [0.25, 0.3) is 5.91 Å². The number of anilines is 1. The van der Waals surface area contributed by atoms with Gasteiger partial charge in [0.05, 0.1) is 11.1 Å². The summed E-state index contributed by atoms with van der Waals surface area (Å²) in [7, 11) is 0. The Hall–Kier alpha value is -2.72. The van der Waals surface area contributed by atoms with Crippen LogP contribution >= 0.6 is 11.3 Å². The molecule has 1 aromatic heterocycles. The highest BCUT2D eigenvalue weighted by Crippen LogP contribution is 2.23. The van der Waals surface area contributed by atoms with E-state index in [2.05, 4.69) is 5.32 Å². The van der Waals surface area contributed by atoms with Crippen molar-refractivity contribution in [2.75, 3.05) is 11.9 Å². The third kappa shape index (κ3) is 3.68. The Bertz CT molecular complexity index is 764. The molecule has 0 aliphatic heterocycles. The molecule has 1 amide bonds. The molecule has 0 fully saturated rings. The van der Waals surface area contributed by atoms with Crippen LogP contribution in [0, 0.1) is 17.1 Å². The Morgan fingerprint density at radius 2 is 2.18 bits per heavy atom. The highest BCUT2D eigenvalue weighted by molar-refractivity contribution is 7.14. The van der Waals surface area contributed by atoms with Crippen molar-refractivity contribution in [3.8, 4) is 11.8 Å². The van der Waals surface area contributed by atoms with Crippen LogP contribution in [-0.4, -0.2) is 18.3 Å². The lowest BCUT2D eigenvalue weighted by atomic mass is 10.1. The number of nitrogens with one attached hydrogen (secondary N) is 1. The van der Waals surface area contributed by atoms with E-state index in [0.717, 1.165) is 12.1 Å². The van der Waals surface area contributed by atoms with E-state index >= 15 is 0 Å². The molecule has 0 spiro atoms. The van der Waals surface area contributed by atoms with Gasteiger partial charge in [-0.05, 0) is 36.6 Å². The summed E-state index contributed by atoms with van der Waals surface area (Å²) in [5.74, 6) is -1.26. The molecule has 7 heteroatoms. The van der Waals surface area contributed by atoms with Gasteiger partial charge in [0.1, 0.15) is 22.6 Å². The maximum atomic E-state index is 13.1. The summed E-state index contributed by atoms with van der Waals surface area (Å²) in [4.78, 5) is 23.2. The number of halogens is 1. The van der Waals surface area contributed by atoms with E-state index in [1.165, 1.54) is 24.3 Å². The molecule has 5 nitrogen and oxygen atoms in total. The molecule has 0 aliphatic rings. The number of rotatable bonds is 5. The molecule has 2 aromatic rings. The number of carbonyl (C=O) groups is 2. The monoisotopic (exact) mass is 318 g/mol. The van der Waals surface area contributed by atoms with Gasteiger partial charge < -0.3 is 10.1 Å². The van der Waals surface area contributed by atoms with Gasteiger partial charge in [0.15, 0.2) is 12.4 Å². The normalized spacial score (nSPS) is 9.86. The predicted octanol–water partition coefficient (Wildman–Crippen LogP) is 2.98. The van der Waals surface area contributed by atoms with E-state index in [-0.39, 0.29) is 23.7 Å². The summed E-state index contributed by atoms with van der Waals surface area (Å²) >= 11 is 1.22. The molecule has 0 saturated heterocycles. The van der Waals surface area contributed by atoms with E-state index in [1.54, 1.807) is 11.4 Å². The average Bonchev–Trinajstić information content (AvgIpc) is 2.92. The van der Waals surface area contributed by atoms with Crippen LogP contribution in [0.5, 0.6) is 5.75 Å². The van der Waals surface area contributed by atoms with Crippen molar-refractivity contribution in [1.82, 2.24) is 0 Å². The molecule has 1 N–H and O–H groups in total. The molecular weight excluding hydrogens is 307 g/mol.